The van der Waals surface area contributed by atoms with E-state index in [0.717, 1.165) is 0 Å². The van der Waals surface area contributed by atoms with Crippen molar-refractivity contribution in [2.75, 3.05) is 6.54 Å². The highest BCUT2D eigenvalue weighted by Crippen LogP contribution is 2.30. The molecule has 1 heterocycles. The van der Waals surface area contributed by atoms with Gasteiger partial charge in [0.15, 0.2) is 0 Å². The molecule has 24 heavy (non-hydrogen) atoms. The Bertz CT molecular complexity index is 765. The van der Waals surface area contributed by atoms with Gasteiger partial charge in [0.05, 0.1) is 6.04 Å². The average molecular weight is 352 g/mol. The van der Waals surface area contributed by atoms with Gasteiger partial charge in [-0.25, -0.2) is 4.39 Å². The van der Waals surface area contributed by atoms with E-state index in [1.807, 2.05) is 27.7 Å². The summed E-state index contributed by atoms with van der Waals surface area (Å²) in [6.07, 6.45) is 0.440. The Hall–Kier alpha value is -1.73. The summed E-state index contributed by atoms with van der Waals surface area (Å²) in [5, 5.41) is 4.11. The standard InChI is InChI=1S/C16H21FN4O2S/c1-10(20-24(22)16(2,3)4)14-9-12(17)7-11-8-13(23-15(11)14)5-6-19-21-18/h7-10,20H,5-6H2,1-4H3/t10-,24-/m1/s1. The van der Waals surface area contributed by atoms with Crippen LogP contribution in [0.2, 0.25) is 0 Å². The zero-order chi connectivity index (χ0) is 17.9. The van der Waals surface area contributed by atoms with Gasteiger partial charge in [-0.05, 0) is 51.4 Å². The van der Waals surface area contributed by atoms with Crippen molar-refractivity contribution in [3.05, 3.63) is 45.8 Å². The molecule has 1 N–H and O–H groups in total. The minimum Gasteiger partial charge on any atom is -0.598 e. The van der Waals surface area contributed by atoms with Crippen LogP contribution >= 0.6 is 0 Å². The molecule has 2 atom stereocenters. The van der Waals surface area contributed by atoms with Crippen LogP contribution in [0.4, 0.5) is 4.39 Å². The molecule has 0 saturated heterocycles. The number of furan rings is 1. The van der Waals surface area contributed by atoms with Gasteiger partial charge in [0, 0.05) is 40.2 Å². The van der Waals surface area contributed by atoms with Gasteiger partial charge in [0.1, 0.15) is 21.9 Å². The van der Waals surface area contributed by atoms with E-state index < -0.39 is 16.1 Å². The maximum atomic E-state index is 13.9. The van der Waals surface area contributed by atoms with Crippen molar-refractivity contribution in [1.29, 1.82) is 0 Å². The molecule has 0 amide bonds. The van der Waals surface area contributed by atoms with Crippen LogP contribution in [0.5, 0.6) is 0 Å². The van der Waals surface area contributed by atoms with Gasteiger partial charge in [-0.3, -0.25) is 0 Å². The summed E-state index contributed by atoms with van der Waals surface area (Å²) in [5.74, 6) is 0.239. The minimum atomic E-state index is -1.29. The van der Waals surface area contributed by atoms with E-state index in [9.17, 15) is 8.94 Å². The van der Waals surface area contributed by atoms with Crippen LogP contribution in [-0.2, 0) is 17.8 Å². The van der Waals surface area contributed by atoms with Crippen molar-refractivity contribution < 1.29 is 13.4 Å². The lowest BCUT2D eigenvalue weighted by atomic mass is 10.1. The van der Waals surface area contributed by atoms with Crippen LogP contribution in [0.15, 0.2) is 27.7 Å². The topological polar surface area (TPSA) is 97.0 Å². The van der Waals surface area contributed by atoms with Crippen molar-refractivity contribution >= 4 is 22.3 Å². The van der Waals surface area contributed by atoms with Gasteiger partial charge >= 0.3 is 0 Å². The number of benzene rings is 1. The fourth-order valence-electron chi connectivity index (χ4n) is 2.25. The molecule has 0 bridgehead atoms. The zero-order valence-electron chi connectivity index (χ0n) is 14.2. The second kappa shape index (κ2) is 7.44. The number of rotatable bonds is 6. The van der Waals surface area contributed by atoms with Crippen LogP contribution in [0.3, 0.4) is 0 Å². The monoisotopic (exact) mass is 352 g/mol. The molecule has 1 aromatic heterocycles. The third-order valence-corrected chi connectivity index (χ3v) is 5.17. The molecule has 0 fully saturated rings. The average Bonchev–Trinajstić information content (AvgIpc) is 2.88. The fourth-order valence-corrected chi connectivity index (χ4v) is 3.05. The summed E-state index contributed by atoms with van der Waals surface area (Å²) in [4.78, 5) is 2.70. The Labute approximate surface area is 143 Å². The fraction of sp³-hybridized carbons (Fsp3) is 0.500. The van der Waals surface area contributed by atoms with Crippen molar-refractivity contribution in [2.24, 2.45) is 5.11 Å². The number of fused-ring (bicyclic) bond motifs is 1. The number of nitrogens with one attached hydrogen (secondary N) is 1. The number of hydrogen-bond acceptors (Lipinski definition) is 4. The Balaban J connectivity index is 2.32. The molecule has 6 nitrogen and oxygen atoms in total. The van der Waals surface area contributed by atoms with Crippen LogP contribution in [-0.4, -0.2) is 15.8 Å². The highest BCUT2D eigenvalue weighted by Gasteiger charge is 2.29. The van der Waals surface area contributed by atoms with Gasteiger partial charge in [-0.1, -0.05) is 5.11 Å². The molecule has 2 rings (SSSR count). The molecular formula is C16H21FN4O2S. The van der Waals surface area contributed by atoms with Crippen LogP contribution in [0.1, 0.15) is 45.1 Å². The maximum absolute atomic E-state index is 13.9. The van der Waals surface area contributed by atoms with E-state index in [1.54, 1.807) is 6.07 Å². The van der Waals surface area contributed by atoms with Gasteiger partial charge < -0.3 is 8.97 Å². The number of nitrogens with zero attached hydrogens (tertiary/aromatic N) is 3. The maximum Gasteiger partial charge on any atom is 0.139 e. The Morgan fingerprint density at radius 3 is 2.75 bits per heavy atom. The summed E-state index contributed by atoms with van der Waals surface area (Å²) < 4.78 is 34.6. The van der Waals surface area contributed by atoms with Gasteiger partial charge in [0.2, 0.25) is 0 Å². The predicted molar refractivity (Wildman–Crippen MR) is 93.3 cm³/mol. The third kappa shape index (κ3) is 4.42. The highest BCUT2D eigenvalue weighted by molar-refractivity contribution is 7.90. The Kier molecular flexibility index (Phi) is 5.77. The first-order valence-corrected chi connectivity index (χ1v) is 8.78. The second-order valence-corrected chi connectivity index (χ2v) is 8.55. The lowest BCUT2D eigenvalue weighted by Crippen LogP contribution is -2.40. The quantitative estimate of drug-likeness (QED) is 0.358. The van der Waals surface area contributed by atoms with E-state index >= 15 is 0 Å². The Morgan fingerprint density at radius 1 is 1.42 bits per heavy atom. The molecule has 0 spiro atoms. The number of halogens is 1. The van der Waals surface area contributed by atoms with Crippen molar-refractivity contribution in [3.63, 3.8) is 0 Å². The normalized spacial score (nSPS) is 14.4. The summed E-state index contributed by atoms with van der Waals surface area (Å²) in [6.45, 7) is 7.69. The first-order valence-electron chi connectivity index (χ1n) is 7.63. The summed E-state index contributed by atoms with van der Waals surface area (Å²) in [5.41, 5.74) is 9.49. The van der Waals surface area contributed by atoms with E-state index in [-0.39, 0.29) is 18.4 Å². The van der Waals surface area contributed by atoms with Gasteiger partial charge in [-0.15, -0.1) is 4.72 Å². The number of hydrogen-bond donors (Lipinski definition) is 1. The third-order valence-electron chi connectivity index (χ3n) is 3.49. The molecule has 130 valence electrons. The molecule has 1 aromatic carbocycles. The van der Waals surface area contributed by atoms with E-state index in [4.69, 9.17) is 9.95 Å². The summed E-state index contributed by atoms with van der Waals surface area (Å²) in [6, 6.07) is 4.18. The van der Waals surface area contributed by atoms with E-state index in [2.05, 4.69) is 14.7 Å². The van der Waals surface area contributed by atoms with Crippen LogP contribution in [0.25, 0.3) is 21.4 Å². The smallest absolute Gasteiger partial charge is 0.139 e. The number of azide groups is 1. The largest absolute Gasteiger partial charge is 0.598 e. The molecule has 0 unspecified atom stereocenters. The van der Waals surface area contributed by atoms with E-state index in [0.29, 0.717) is 28.7 Å². The summed E-state index contributed by atoms with van der Waals surface area (Å²) >= 11 is -1.29. The van der Waals surface area contributed by atoms with Crippen molar-refractivity contribution in [2.45, 2.75) is 44.9 Å². The molecule has 0 aliphatic carbocycles. The Morgan fingerprint density at radius 2 is 2.12 bits per heavy atom. The SMILES string of the molecule is C[C@@H](N[S@+]([O-])C(C)(C)C)c1cc(F)cc2cc(CCN=[N+]=[N-])oc12. The van der Waals surface area contributed by atoms with Crippen LogP contribution in [0, 0.1) is 5.82 Å². The van der Waals surface area contributed by atoms with Gasteiger partial charge in [-0.2, -0.15) is 0 Å². The predicted octanol–water partition coefficient (Wildman–Crippen LogP) is 4.54. The molecule has 0 saturated carbocycles. The zero-order valence-corrected chi connectivity index (χ0v) is 15.0. The molecular weight excluding hydrogens is 331 g/mol. The second-order valence-electron chi connectivity index (χ2n) is 6.55. The lowest BCUT2D eigenvalue weighted by molar-refractivity contribution is 0.522. The van der Waals surface area contributed by atoms with Gasteiger partial charge in [0.25, 0.3) is 0 Å². The van der Waals surface area contributed by atoms with Crippen molar-refractivity contribution in [3.8, 4) is 0 Å². The summed E-state index contributed by atoms with van der Waals surface area (Å²) in [7, 11) is 0. The first kappa shape index (κ1) is 18.6. The molecule has 8 heteroatoms. The highest BCUT2D eigenvalue weighted by atomic mass is 32.2. The first-order chi connectivity index (χ1) is 11.2. The van der Waals surface area contributed by atoms with Crippen LogP contribution < -0.4 is 4.72 Å². The molecule has 2 aromatic rings. The minimum absolute atomic E-state index is 0.274. The molecule has 0 aliphatic heterocycles. The molecule has 0 radical (unpaired) electrons. The molecule has 0 aliphatic rings. The van der Waals surface area contributed by atoms with E-state index in [1.165, 1.54) is 12.1 Å². The van der Waals surface area contributed by atoms with Crippen molar-refractivity contribution in [1.82, 2.24) is 4.72 Å². The lowest BCUT2D eigenvalue weighted by Gasteiger charge is -2.26.